The zero-order valence-corrected chi connectivity index (χ0v) is 11.8. The van der Waals surface area contributed by atoms with Crippen LogP contribution in [0, 0.1) is 0 Å². The van der Waals surface area contributed by atoms with Gasteiger partial charge in [-0.3, -0.25) is 5.10 Å². The molecule has 0 radical (unpaired) electrons. The minimum absolute atomic E-state index is 0.671. The molecule has 1 saturated carbocycles. The number of hydrogen-bond acceptors (Lipinski definition) is 4. The quantitative estimate of drug-likeness (QED) is 0.848. The lowest BCUT2D eigenvalue weighted by Gasteiger charge is -2.11. The van der Waals surface area contributed by atoms with Crippen molar-refractivity contribution in [2.24, 2.45) is 0 Å². The molecule has 1 fully saturated rings. The van der Waals surface area contributed by atoms with Crippen molar-refractivity contribution < 1.29 is 9.47 Å². The summed E-state index contributed by atoms with van der Waals surface area (Å²) in [7, 11) is 3.33. The fourth-order valence-corrected chi connectivity index (χ4v) is 2.23. The fourth-order valence-electron chi connectivity index (χ4n) is 2.23. The number of benzene rings is 1. The highest BCUT2D eigenvalue weighted by molar-refractivity contribution is 5.71. The monoisotopic (exact) mass is 273 g/mol. The molecular weight excluding hydrogens is 254 g/mol. The molecule has 0 aliphatic heterocycles. The fraction of sp³-hybridized carbons (Fsp3) is 0.400. The van der Waals surface area contributed by atoms with E-state index in [0.717, 1.165) is 34.9 Å². The van der Waals surface area contributed by atoms with Crippen LogP contribution in [0.15, 0.2) is 24.4 Å². The van der Waals surface area contributed by atoms with Crippen LogP contribution in [0.3, 0.4) is 0 Å². The third-order valence-corrected chi connectivity index (χ3v) is 3.55. The first kappa shape index (κ1) is 13.0. The molecule has 1 aromatic carbocycles. The maximum atomic E-state index is 5.44. The molecule has 0 spiro atoms. The lowest BCUT2D eigenvalue weighted by Crippen LogP contribution is -2.15. The highest BCUT2D eigenvalue weighted by Gasteiger charge is 2.21. The normalized spacial score (nSPS) is 14.3. The second-order valence-electron chi connectivity index (χ2n) is 4.99. The summed E-state index contributed by atoms with van der Waals surface area (Å²) in [5, 5.41) is 10.7. The molecule has 0 bridgehead atoms. The molecule has 1 aromatic heterocycles. The summed E-state index contributed by atoms with van der Waals surface area (Å²) in [6.07, 6.45) is 4.41. The highest BCUT2D eigenvalue weighted by atomic mass is 16.5. The van der Waals surface area contributed by atoms with Crippen LogP contribution in [0.25, 0.3) is 11.3 Å². The van der Waals surface area contributed by atoms with Crippen LogP contribution in [0.2, 0.25) is 0 Å². The molecular formula is C15H19N3O2. The topological polar surface area (TPSA) is 59.2 Å². The first-order valence-electron chi connectivity index (χ1n) is 6.80. The molecule has 5 heteroatoms. The van der Waals surface area contributed by atoms with Gasteiger partial charge in [0.15, 0.2) is 0 Å². The molecule has 3 rings (SSSR count). The van der Waals surface area contributed by atoms with Gasteiger partial charge in [0, 0.05) is 23.7 Å². The van der Waals surface area contributed by atoms with E-state index in [9.17, 15) is 0 Å². The number of aromatic amines is 1. The van der Waals surface area contributed by atoms with Gasteiger partial charge in [0.05, 0.1) is 26.1 Å². The Morgan fingerprint density at radius 3 is 2.85 bits per heavy atom. The van der Waals surface area contributed by atoms with Crippen molar-refractivity contribution >= 4 is 0 Å². The predicted octanol–water partition coefficient (Wildman–Crippen LogP) is 2.35. The van der Waals surface area contributed by atoms with Gasteiger partial charge in [0.1, 0.15) is 11.5 Å². The summed E-state index contributed by atoms with van der Waals surface area (Å²) in [4.78, 5) is 0. The van der Waals surface area contributed by atoms with Gasteiger partial charge in [-0.1, -0.05) is 0 Å². The average molecular weight is 273 g/mol. The molecule has 0 saturated heterocycles. The number of hydrogen-bond donors (Lipinski definition) is 2. The average Bonchev–Trinajstić information content (AvgIpc) is 3.21. The zero-order chi connectivity index (χ0) is 13.9. The SMILES string of the molecule is COc1ccc(OC)c(-c2[nH]ncc2CNC2CC2)c1. The van der Waals surface area contributed by atoms with Crippen LogP contribution in [0.1, 0.15) is 18.4 Å². The van der Waals surface area contributed by atoms with Crippen molar-refractivity contribution in [1.82, 2.24) is 15.5 Å². The Morgan fingerprint density at radius 2 is 2.15 bits per heavy atom. The Balaban J connectivity index is 1.92. The highest BCUT2D eigenvalue weighted by Crippen LogP contribution is 2.34. The Bertz CT molecular complexity index is 591. The van der Waals surface area contributed by atoms with Gasteiger partial charge in [-0.05, 0) is 31.0 Å². The summed E-state index contributed by atoms with van der Waals surface area (Å²) in [6.45, 7) is 0.816. The van der Waals surface area contributed by atoms with E-state index in [1.54, 1.807) is 14.2 Å². The second kappa shape index (κ2) is 5.54. The minimum Gasteiger partial charge on any atom is -0.497 e. The maximum Gasteiger partial charge on any atom is 0.128 e. The predicted molar refractivity (Wildman–Crippen MR) is 77.0 cm³/mol. The number of ether oxygens (including phenoxy) is 2. The third kappa shape index (κ3) is 2.63. The van der Waals surface area contributed by atoms with E-state index in [4.69, 9.17) is 9.47 Å². The van der Waals surface area contributed by atoms with Crippen LogP contribution < -0.4 is 14.8 Å². The van der Waals surface area contributed by atoms with Crippen LogP contribution >= 0.6 is 0 Å². The first-order valence-corrected chi connectivity index (χ1v) is 6.80. The number of aromatic nitrogens is 2. The van der Waals surface area contributed by atoms with E-state index in [0.29, 0.717) is 6.04 Å². The number of H-pyrrole nitrogens is 1. The van der Waals surface area contributed by atoms with Crippen LogP contribution in [0.4, 0.5) is 0 Å². The summed E-state index contributed by atoms with van der Waals surface area (Å²) >= 11 is 0. The standard InChI is InChI=1S/C15H19N3O2/c1-19-12-5-6-14(20-2)13(7-12)15-10(9-17-18-15)8-16-11-3-4-11/h5-7,9,11,16H,3-4,8H2,1-2H3,(H,17,18). The van der Waals surface area contributed by atoms with E-state index in [1.807, 2.05) is 24.4 Å². The van der Waals surface area contributed by atoms with Gasteiger partial charge in [0.2, 0.25) is 0 Å². The van der Waals surface area contributed by atoms with E-state index in [2.05, 4.69) is 15.5 Å². The largest absolute Gasteiger partial charge is 0.497 e. The molecule has 0 atom stereocenters. The Labute approximate surface area is 118 Å². The first-order chi connectivity index (χ1) is 9.81. The van der Waals surface area contributed by atoms with Crippen molar-refractivity contribution in [3.63, 3.8) is 0 Å². The molecule has 0 unspecified atom stereocenters. The smallest absolute Gasteiger partial charge is 0.128 e. The molecule has 1 aliphatic rings. The second-order valence-corrected chi connectivity index (χ2v) is 4.99. The Hall–Kier alpha value is -2.01. The summed E-state index contributed by atoms with van der Waals surface area (Å²) in [5.74, 6) is 1.61. The van der Waals surface area contributed by atoms with Crippen molar-refractivity contribution in [3.8, 4) is 22.8 Å². The van der Waals surface area contributed by atoms with Crippen LogP contribution in [0.5, 0.6) is 11.5 Å². The van der Waals surface area contributed by atoms with Gasteiger partial charge in [-0.25, -0.2) is 0 Å². The van der Waals surface area contributed by atoms with Gasteiger partial charge in [-0.15, -0.1) is 0 Å². The summed E-state index contributed by atoms with van der Waals surface area (Å²) in [6, 6.07) is 6.44. The molecule has 20 heavy (non-hydrogen) atoms. The molecule has 2 N–H and O–H groups in total. The molecule has 5 nitrogen and oxygen atoms in total. The number of nitrogens with one attached hydrogen (secondary N) is 2. The minimum atomic E-state index is 0.671. The summed E-state index contributed by atoms with van der Waals surface area (Å²) < 4.78 is 10.7. The van der Waals surface area contributed by atoms with Gasteiger partial charge in [0.25, 0.3) is 0 Å². The van der Waals surface area contributed by atoms with Crippen molar-refractivity contribution in [2.75, 3.05) is 14.2 Å². The van der Waals surface area contributed by atoms with Crippen LogP contribution in [-0.2, 0) is 6.54 Å². The van der Waals surface area contributed by atoms with E-state index >= 15 is 0 Å². The molecule has 1 heterocycles. The van der Waals surface area contributed by atoms with Gasteiger partial charge in [-0.2, -0.15) is 5.10 Å². The van der Waals surface area contributed by atoms with E-state index in [-0.39, 0.29) is 0 Å². The molecule has 1 aliphatic carbocycles. The van der Waals surface area contributed by atoms with Gasteiger partial charge < -0.3 is 14.8 Å². The zero-order valence-electron chi connectivity index (χ0n) is 11.8. The Kier molecular flexibility index (Phi) is 3.60. The lowest BCUT2D eigenvalue weighted by molar-refractivity contribution is 0.404. The number of methoxy groups -OCH3 is 2. The van der Waals surface area contributed by atoms with E-state index in [1.165, 1.54) is 12.8 Å². The Morgan fingerprint density at radius 1 is 1.30 bits per heavy atom. The van der Waals surface area contributed by atoms with E-state index < -0.39 is 0 Å². The van der Waals surface area contributed by atoms with Crippen LogP contribution in [-0.4, -0.2) is 30.5 Å². The lowest BCUT2D eigenvalue weighted by atomic mass is 10.1. The van der Waals surface area contributed by atoms with Crippen molar-refractivity contribution in [2.45, 2.75) is 25.4 Å². The number of rotatable bonds is 6. The third-order valence-electron chi connectivity index (χ3n) is 3.55. The molecule has 0 amide bonds. The van der Waals surface area contributed by atoms with Crippen molar-refractivity contribution in [1.29, 1.82) is 0 Å². The number of nitrogens with zero attached hydrogens (tertiary/aromatic N) is 1. The van der Waals surface area contributed by atoms with Gasteiger partial charge >= 0.3 is 0 Å². The van der Waals surface area contributed by atoms with Crippen molar-refractivity contribution in [3.05, 3.63) is 30.0 Å². The maximum absolute atomic E-state index is 5.44. The summed E-state index contributed by atoms with van der Waals surface area (Å²) in [5.41, 5.74) is 3.09. The molecule has 2 aromatic rings. The molecule has 106 valence electrons.